The van der Waals surface area contributed by atoms with Crippen molar-refractivity contribution in [2.24, 2.45) is 0 Å². The van der Waals surface area contributed by atoms with Gasteiger partial charge >= 0.3 is 0 Å². The van der Waals surface area contributed by atoms with Crippen LogP contribution in [-0.4, -0.2) is 31.3 Å². The molecule has 1 aliphatic rings. The van der Waals surface area contributed by atoms with Gasteiger partial charge in [-0.1, -0.05) is 29.8 Å². The zero-order valence-corrected chi connectivity index (χ0v) is 14.0. The van der Waals surface area contributed by atoms with Crippen LogP contribution in [0.25, 0.3) is 0 Å². The number of rotatable bonds is 5. The van der Waals surface area contributed by atoms with Gasteiger partial charge in [0.2, 0.25) is 0 Å². The number of hydrogen-bond donors (Lipinski definition) is 0. The Kier molecular flexibility index (Phi) is 5.36. The molecule has 0 unspecified atom stereocenters. The molecule has 0 saturated carbocycles. The monoisotopic (exact) mass is 332 g/mol. The summed E-state index contributed by atoms with van der Waals surface area (Å²) >= 11 is 6.22. The molecule has 0 bridgehead atoms. The Morgan fingerprint density at radius 2 is 2.00 bits per heavy atom. The molecule has 1 aromatic heterocycles. The fourth-order valence-corrected chi connectivity index (χ4v) is 3.16. The number of benzene rings is 1. The average molecular weight is 333 g/mol. The molecule has 122 valence electrons. The van der Waals surface area contributed by atoms with Crippen LogP contribution in [0.5, 0.6) is 5.75 Å². The number of anilines is 1. The van der Waals surface area contributed by atoms with Gasteiger partial charge in [-0.15, -0.1) is 0 Å². The molecular formula is C18H21ClN2O2. The van der Waals surface area contributed by atoms with Crippen LogP contribution >= 0.6 is 11.6 Å². The van der Waals surface area contributed by atoms with E-state index >= 15 is 0 Å². The van der Waals surface area contributed by atoms with Crippen molar-refractivity contribution in [2.75, 3.05) is 25.1 Å². The molecule has 2 aromatic rings. The zero-order chi connectivity index (χ0) is 16.1. The molecule has 0 N–H and O–H groups in total. The fraction of sp³-hybridized carbons (Fsp3) is 0.389. The lowest BCUT2D eigenvalue weighted by atomic mass is 10.1. The van der Waals surface area contributed by atoms with E-state index in [1.165, 1.54) is 0 Å². The van der Waals surface area contributed by atoms with Gasteiger partial charge in [-0.2, -0.15) is 0 Å². The van der Waals surface area contributed by atoms with E-state index < -0.39 is 0 Å². The van der Waals surface area contributed by atoms with Gasteiger partial charge in [-0.3, -0.25) is 4.98 Å². The topological polar surface area (TPSA) is 34.6 Å². The van der Waals surface area contributed by atoms with Crippen LogP contribution in [0.15, 0.2) is 42.7 Å². The number of methoxy groups -OCH3 is 1. The second-order valence-electron chi connectivity index (χ2n) is 5.64. The first-order valence-corrected chi connectivity index (χ1v) is 8.23. The van der Waals surface area contributed by atoms with Gasteiger partial charge < -0.3 is 14.4 Å². The molecule has 5 heteroatoms. The molecule has 2 heterocycles. The van der Waals surface area contributed by atoms with Crippen LogP contribution in [-0.2, 0) is 11.3 Å². The van der Waals surface area contributed by atoms with E-state index in [0.717, 1.165) is 42.9 Å². The summed E-state index contributed by atoms with van der Waals surface area (Å²) in [4.78, 5) is 6.34. The quantitative estimate of drug-likeness (QED) is 0.831. The van der Waals surface area contributed by atoms with Crippen LogP contribution in [0, 0.1) is 0 Å². The van der Waals surface area contributed by atoms with E-state index in [-0.39, 0.29) is 6.10 Å². The zero-order valence-electron chi connectivity index (χ0n) is 13.2. The molecule has 1 aromatic carbocycles. The predicted molar refractivity (Wildman–Crippen MR) is 92.3 cm³/mol. The molecule has 1 fully saturated rings. The van der Waals surface area contributed by atoms with Crippen molar-refractivity contribution in [1.82, 2.24) is 4.98 Å². The number of pyridine rings is 1. The maximum atomic E-state index is 6.22. The lowest BCUT2D eigenvalue weighted by Crippen LogP contribution is -2.37. The van der Waals surface area contributed by atoms with Gasteiger partial charge in [0, 0.05) is 31.0 Å². The summed E-state index contributed by atoms with van der Waals surface area (Å²) in [6.07, 6.45) is 5.74. The van der Waals surface area contributed by atoms with Crippen molar-refractivity contribution < 1.29 is 9.47 Å². The smallest absolute Gasteiger partial charge is 0.124 e. The summed E-state index contributed by atoms with van der Waals surface area (Å²) in [6, 6.07) is 9.96. The highest BCUT2D eigenvalue weighted by molar-refractivity contribution is 6.33. The standard InChI is InChI=1S/C18H21ClN2O2/c1-22-18-5-3-2-4-14(18)13-23-15-7-10-21(11-8-15)17-6-9-20-12-16(17)19/h2-6,9,12,15H,7-8,10-11,13H2,1H3. The third-order valence-corrected chi connectivity index (χ3v) is 4.49. The second-order valence-corrected chi connectivity index (χ2v) is 6.04. The summed E-state index contributed by atoms with van der Waals surface area (Å²) in [5.74, 6) is 0.883. The third-order valence-electron chi connectivity index (χ3n) is 4.20. The number of piperidine rings is 1. The second kappa shape index (κ2) is 7.66. The molecule has 0 aliphatic carbocycles. The molecule has 1 saturated heterocycles. The van der Waals surface area contributed by atoms with Crippen molar-refractivity contribution in [1.29, 1.82) is 0 Å². The molecule has 0 spiro atoms. The van der Waals surface area contributed by atoms with E-state index in [9.17, 15) is 0 Å². The Morgan fingerprint density at radius 3 is 2.74 bits per heavy atom. The van der Waals surface area contributed by atoms with Crippen LogP contribution in [0.4, 0.5) is 5.69 Å². The Balaban J connectivity index is 1.53. The summed E-state index contributed by atoms with van der Waals surface area (Å²) in [7, 11) is 1.69. The molecule has 0 amide bonds. The maximum absolute atomic E-state index is 6.22. The summed E-state index contributed by atoms with van der Waals surface area (Å²) in [5.41, 5.74) is 2.15. The Hall–Kier alpha value is -1.78. The number of hydrogen-bond acceptors (Lipinski definition) is 4. The van der Waals surface area contributed by atoms with Crippen molar-refractivity contribution in [3.05, 3.63) is 53.3 Å². The summed E-state index contributed by atoms with van der Waals surface area (Å²) < 4.78 is 11.4. The number of halogens is 1. The van der Waals surface area contributed by atoms with Gasteiger partial charge in [-0.25, -0.2) is 0 Å². The van der Waals surface area contributed by atoms with Gasteiger partial charge in [0.1, 0.15) is 5.75 Å². The summed E-state index contributed by atoms with van der Waals surface area (Å²) in [6.45, 7) is 2.48. The highest BCUT2D eigenvalue weighted by atomic mass is 35.5. The minimum absolute atomic E-state index is 0.275. The van der Waals surface area contributed by atoms with Gasteiger partial charge in [0.05, 0.1) is 30.5 Å². The van der Waals surface area contributed by atoms with Crippen LogP contribution in [0.2, 0.25) is 5.02 Å². The Morgan fingerprint density at radius 1 is 1.22 bits per heavy atom. The van der Waals surface area contributed by atoms with Crippen molar-refractivity contribution >= 4 is 17.3 Å². The highest BCUT2D eigenvalue weighted by Gasteiger charge is 2.21. The fourth-order valence-electron chi connectivity index (χ4n) is 2.92. The van der Waals surface area contributed by atoms with Gasteiger partial charge in [-0.05, 0) is 25.0 Å². The predicted octanol–water partition coefficient (Wildman–Crippen LogP) is 3.93. The average Bonchev–Trinajstić information content (AvgIpc) is 2.61. The van der Waals surface area contributed by atoms with Crippen molar-refractivity contribution in [3.8, 4) is 5.75 Å². The van der Waals surface area contributed by atoms with E-state index in [4.69, 9.17) is 21.1 Å². The number of nitrogens with zero attached hydrogens (tertiary/aromatic N) is 2. The number of para-hydroxylation sites is 1. The normalized spacial score (nSPS) is 15.7. The Labute approximate surface area is 142 Å². The van der Waals surface area contributed by atoms with Crippen molar-refractivity contribution in [3.63, 3.8) is 0 Å². The first-order valence-electron chi connectivity index (χ1n) is 7.86. The first-order chi connectivity index (χ1) is 11.3. The van der Waals surface area contributed by atoms with Crippen LogP contribution in [0.3, 0.4) is 0 Å². The lowest BCUT2D eigenvalue weighted by molar-refractivity contribution is 0.0242. The molecule has 4 nitrogen and oxygen atoms in total. The molecule has 0 atom stereocenters. The van der Waals surface area contributed by atoms with Crippen molar-refractivity contribution in [2.45, 2.75) is 25.6 Å². The van der Waals surface area contributed by atoms with E-state index in [1.54, 1.807) is 19.5 Å². The minimum Gasteiger partial charge on any atom is -0.496 e. The summed E-state index contributed by atoms with van der Waals surface area (Å²) in [5, 5.41) is 0.709. The number of ether oxygens (including phenoxy) is 2. The van der Waals surface area contributed by atoms with Gasteiger partial charge in [0.25, 0.3) is 0 Å². The molecule has 1 aliphatic heterocycles. The third kappa shape index (κ3) is 3.95. The van der Waals surface area contributed by atoms with E-state index in [1.807, 2.05) is 30.3 Å². The number of aromatic nitrogens is 1. The van der Waals surface area contributed by atoms with E-state index in [0.29, 0.717) is 11.6 Å². The van der Waals surface area contributed by atoms with Crippen LogP contribution in [0.1, 0.15) is 18.4 Å². The minimum atomic E-state index is 0.275. The van der Waals surface area contributed by atoms with Crippen LogP contribution < -0.4 is 9.64 Å². The SMILES string of the molecule is COc1ccccc1COC1CCN(c2ccncc2Cl)CC1. The molecule has 3 rings (SSSR count). The maximum Gasteiger partial charge on any atom is 0.124 e. The first kappa shape index (κ1) is 16.1. The largest absolute Gasteiger partial charge is 0.496 e. The highest BCUT2D eigenvalue weighted by Crippen LogP contribution is 2.28. The Bertz CT molecular complexity index is 642. The van der Waals surface area contributed by atoms with E-state index in [2.05, 4.69) is 9.88 Å². The van der Waals surface area contributed by atoms with Gasteiger partial charge in [0.15, 0.2) is 0 Å². The molecular weight excluding hydrogens is 312 g/mol. The lowest BCUT2D eigenvalue weighted by Gasteiger charge is -2.34. The molecule has 0 radical (unpaired) electrons. The molecule has 23 heavy (non-hydrogen) atoms.